The van der Waals surface area contributed by atoms with E-state index in [0.717, 1.165) is 24.2 Å². The Labute approximate surface area is 156 Å². The molecule has 0 radical (unpaired) electrons. The van der Waals surface area contributed by atoms with Crippen molar-refractivity contribution in [3.05, 3.63) is 29.8 Å². The molecule has 5 heteroatoms. The maximum atomic E-state index is 12.6. The van der Waals surface area contributed by atoms with Crippen molar-refractivity contribution in [2.45, 2.75) is 57.4 Å². The number of carbonyl (C=O) groups is 2. The van der Waals surface area contributed by atoms with Gasteiger partial charge in [-0.1, -0.05) is 31.0 Å². The highest BCUT2D eigenvalue weighted by atomic mass is 16.5. The first kappa shape index (κ1) is 18.7. The zero-order valence-corrected chi connectivity index (χ0v) is 15.7. The third-order valence-corrected chi connectivity index (χ3v) is 5.70. The van der Waals surface area contributed by atoms with Crippen LogP contribution in [0.1, 0.15) is 50.5 Å². The molecule has 1 saturated carbocycles. The second-order valence-corrected chi connectivity index (χ2v) is 7.57. The molecular formula is C21H30N2O3. The number of rotatable bonds is 6. The summed E-state index contributed by atoms with van der Waals surface area (Å²) in [5.41, 5.74) is 0.923. The number of nitrogens with one attached hydrogen (secondary N) is 1. The maximum absolute atomic E-state index is 12.6. The first-order valence-electron chi connectivity index (χ1n) is 9.84. The molecule has 2 fully saturated rings. The Morgan fingerprint density at radius 1 is 1.12 bits per heavy atom. The highest BCUT2D eigenvalue weighted by Gasteiger charge is 2.25. The molecule has 1 aliphatic heterocycles. The standard InChI is InChI=1S/C21H30N2O3/c1-26-19-9-5-4-8-17(19)15-21(25)23-12-10-18(11-13-23)22-20(24)14-16-6-2-3-7-16/h4-5,8-9,16,18H,2-3,6-7,10-15H2,1H3,(H,22,24). The minimum absolute atomic E-state index is 0.130. The fourth-order valence-corrected chi connectivity index (χ4v) is 4.16. The van der Waals surface area contributed by atoms with Gasteiger partial charge in [0.15, 0.2) is 0 Å². The van der Waals surface area contributed by atoms with E-state index >= 15 is 0 Å². The van der Waals surface area contributed by atoms with Crippen LogP contribution in [0, 0.1) is 5.92 Å². The molecule has 3 rings (SSSR count). The minimum Gasteiger partial charge on any atom is -0.496 e. The number of hydrogen-bond donors (Lipinski definition) is 1. The van der Waals surface area contributed by atoms with E-state index in [0.29, 0.717) is 31.8 Å². The molecule has 2 aliphatic rings. The number of carbonyl (C=O) groups excluding carboxylic acids is 2. The molecule has 1 saturated heterocycles. The Balaban J connectivity index is 1.42. The van der Waals surface area contributed by atoms with Crippen molar-refractivity contribution in [3.8, 4) is 5.75 Å². The number of likely N-dealkylation sites (tertiary alicyclic amines) is 1. The van der Waals surface area contributed by atoms with Crippen LogP contribution in [0.2, 0.25) is 0 Å². The third-order valence-electron chi connectivity index (χ3n) is 5.70. The summed E-state index contributed by atoms with van der Waals surface area (Å²) in [5.74, 6) is 1.66. The quantitative estimate of drug-likeness (QED) is 0.851. The first-order chi connectivity index (χ1) is 12.7. The van der Waals surface area contributed by atoms with Gasteiger partial charge >= 0.3 is 0 Å². The fourth-order valence-electron chi connectivity index (χ4n) is 4.16. The van der Waals surface area contributed by atoms with E-state index in [1.807, 2.05) is 29.2 Å². The lowest BCUT2D eigenvalue weighted by atomic mass is 10.0. The van der Waals surface area contributed by atoms with Crippen molar-refractivity contribution in [2.24, 2.45) is 5.92 Å². The monoisotopic (exact) mass is 358 g/mol. The summed E-state index contributed by atoms with van der Waals surface area (Å²) >= 11 is 0. The molecule has 0 aromatic heterocycles. The smallest absolute Gasteiger partial charge is 0.227 e. The van der Waals surface area contributed by atoms with Gasteiger partial charge in [-0.15, -0.1) is 0 Å². The van der Waals surface area contributed by atoms with Crippen LogP contribution in [-0.2, 0) is 16.0 Å². The van der Waals surface area contributed by atoms with Crippen molar-refractivity contribution >= 4 is 11.8 Å². The average molecular weight is 358 g/mol. The Hall–Kier alpha value is -2.04. The van der Waals surface area contributed by atoms with Crippen LogP contribution in [0.3, 0.4) is 0 Å². The number of nitrogens with zero attached hydrogens (tertiary/aromatic N) is 1. The molecule has 1 aromatic rings. The number of para-hydroxylation sites is 1. The van der Waals surface area contributed by atoms with Gasteiger partial charge in [0.2, 0.25) is 11.8 Å². The van der Waals surface area contributed by atoms with Gasteiger partial charge in [0.1, 0.15) is 5.75 Å². The van der Waals surface area contributed by atoms with Gasteiger partial charge in [0.25, 0.3) is 0 Å². The Kier molecular flexibility index (Phi) is 6.53. The third kappa shape index (κ3) is 4.99. The molecule has 1 N–H and O–H groups in total. The molecule has 2 amide bonds. The number of hydrogen-bond acceptors (Lipinski definition) is 3. The zero-order valence-electron chi connectivity index (χ0n) is 15.7. The van der Waals surface area contributed by atoms with Gasteiger partial charge in [-0.05, 0) is 37.7 Å². The van der Waals surface area contributed by atoms with Crippen LogP contribution in [0.4, 0.5) is 0 Å². The van der Waals surface area contributed by atoms with Crippen molar-refractivity contribution in [2.75, 3.05) is 20.2 Å². The van der Waals surface area contributed by atoms with Gasteiger partial charge in [0, 0.05) is 31.1 Å². The summed E-state index contributed by atoms with van der Waals surface area (Å²) in [5, 5.41) is 3.18. The molecule has 0 unspecified atom stereocenters. The largest absolute Gasteiger partial charge is 0.496 e. The van der Waals surface area contributed by atoms with Gasteiger partial charge in [-0.25, -0.2) is 0 Å². The molecule has 0 atom stereocenters. The molecule has 0 bridgehead atoms. The van der Waals surface area contributed by atoms with E-state index in [9.17, 15) is 9.59 Å². The van der Waals surface area contributed by atoms with Crippen LogP contribution < -0.4 is 10.1 Å². The Bertz CT molecular complexity index is 617. The molecule has 1 aliphatic carbocycles. The molecule has 142 valence electrons. The second-order valence-electron chi connectivity index (χ2n) is 7.57. The lowest BCUT2D eigenvalue weighted by Crippen LogP contribution is -2.47. The Morgan fingerprint density at radius 3 is 2.50 bits per heavy atom. The number of amides is 2. The van der Waals surface area contributed by atoms with E-state index in [1.165, 1.54) is 25.7 Å². The Morgan fingerprint density at radius 2 is 1.81 bits per heavy atom. The van der Waals surface area contributed by atoms with Gasteiger partial charge in [-0.3, -0.25) is 9.59 Å². The predicted octanol–water partition coefficient (Wildman–Crippen LogP) is 2.93. The molecule has 1 heterocycles. The SMILES string of the molecule is COc1ccccc1CC(=O)N1CCC(NC(=O)CC2CCCC2)CC1. The normalized spacial score (nSPS) is 18.7. The second kappa shape index (κ2) is 9.06. The van der Waals surface area contributed by atoms with Gasteiger partial charge < -0.3 is 15.0 Å². The van der Waals surface area contributed by atoms with Crippen LogP contribution in [0.5, 0.6) is 5.75 Å². The summed E-state index contributed by atoms with van der Waals surface area (Å²) in [6.45, 7) is 1.42. The summed E-state index contributed by atoms with van der Waals surface area (Å²) in [6.07, 6.45) is 7.65. The van der Waals surface area contributed by atoms with E-state index in [2.05, 4.69) is 5.32 Å². The first-order valence-corrected chi connectivity index (χ1v) is 9.84. The van der Waals surface area contributed by atoms with Crippen molar-refractivity contribution < 1.29 is 14.3 Å². The number of methoxy groups -OCH3 is 1. The summed E-state index contributed by atoms with van der Waals surface area (Å²) in [6, 6.07) is 7.87. The number of piperidine rings is 1. The predicted molar refractivity (Wildman–Crippen MR) is 101 cm³/mol. The van der Waals surface area contributed by atoms with E-state index < -0.39 is 0 Å². The van der Waals surface area contributed by atoms with Crippen molar-refractivity contribution in [1.29, 1.82) is 0 Å². The highest BCUT2D eigenvalue weighted by Crippen LogP contribution is 2.27. The van der Waals surface area contributed by atoms with E-state index in [1.54, 1.807) is 7.11 Å². The average Bonchev–Trinajstić information content (AvgIpc) is 3.15. The molecule has 1 aromatic carbocycles. The summed E-state index contributed by atoms with van der Waals surface area (Å²) in [7, 11) is 1.63. The van der Waals surface area contributed by atoms with E-state index in [4.69, 9.17) is 4.74 Å². The number of benzene rings is 1. The summed E-state index contributed by atoms with van der Waals surface area (Å²) in [4.78, 5) is 26.7. The van der Waals surface area contributed by atoms with Crippen LogP contribution in [0.25, 0.3) is 0 Å². The van der Waals surface area contributed by atoms with Crippen molar-refractivity contribution in [1.82, 2.24) is 10.2 Å². The minimum atomic E-state index is 0.130. The molecule has 5 nitrogen and oxygen atoms in total. The zero-order chi connectivity index (χ0) is 18.4. The van der Waals surface area contributed by atoms with Crippen LogP contribution in [-0.4, -0.2) is 43.0 Å². The van der Waals surface area contributed by atoms with Crippen LogP contribution in [0.15, 0.2) is 24.3 Å². The van der Waals surface area contributed by atoms with Crippen LogP contribution >= 0.6 is 0 Å². The maximum Gasteiger partial charge on any atom is 0.227 e. The number of ether oxygens (including phenoxy) is 1. The van der Waals surface area contributed by atoms with Crippen molar-refractivity contribution in [3.63, 3.8) is 0 Å². The lowest BCUT2D eigenvalue weighted by molar-refractivity contribution is -0.131. The molecular weight excluding hydrogens is 328 g/mol. The topological polar surface area (TPSA) is 58.6 Å². The van der Waals surface area contributed by atoms with E-state index in [-0.39, 0.29) is 17.9 Å². The fraction of sp³-hybridized carbons (Fsp3) is 0.619. The van der Waals surface area contributed by atoms with Gasteiger partial charge in [0.05, 0.1) is 13.5 Å². The lowest BCUT2D eigenvalue weighted by Gasteiger charge is -2.32. The molecule has 26 heavy (non-hydrogen) atoms. The molecule has 0 spiro atoms. The highest BCUT2D eigenvalue weighted by molar-refractivity contribution is 5.80. The summed E-state index contributed by atoms with van der Waals surface area (Å²) < 4.78 is 5.33. The van der Waals surface area contributed by atoms with Gasteiger partial charge in [-0.2, -0.15) is 0 Å².